The zero-order valence-corrected chi connectivity index (χ0v) is 15.7. The Bertz CT molecular complexity index is 824. The molecule has 148 valence electrons. The Morgan fingerprint density at radius 2 is 1.82 bits per heavy atom. The van der Waals surface area contributed by atoms with E-state index < -0.39 is 11.6 Å². The van der Waals surface area contributed by atoms with E-state index in [0.717, 1.165) is 51.5 Å². The predicted octanol–water partition coefficient (Wildman–Crippen LogP) is 3.13. The Morgan fingerprint density at radius 1 is 1.04 bits per heavy atom. The summed E-state index contributed by atoms with van der Waals surface area (Å²) in [7, 11) is 0. The van der Waals surface area contributed by atoms with Gasteiger partial charge in [-0.25, -0.2) is 8.78 Å². The molecular weight excluding hydrogens is 362 g/mol. The highest BCUT2D eigenvalue weighted by atomic mass is 19.2. The number of carbonyl (C=O) groups is 1. The molecule has 2 saturated heterocycles. The first-order chi connectivity index (χ1) is 13.6. The molecule has 2 aliphatic heterocycles. The van der Waals surface area contributed by atoms with E-state index in [0.29, 0.717) is 29.5 Å². The van der Waals surface area contributed by atoms with Crippen LogP contribution in [0.2, 0.25) is 0 Å². The molecule has 4 rings (SSSR count). The Hall–Kier alpha value is -2.41. The van der Waals surface area contributed by atoms with Gasteiger partial charge in [-0.15, -0.1) is 0 Å². The third-order valence-corrected chi connectivity index (χ3v) is 6.07. The average Bonchev–Trinajstić information content (AvgIpc) is 3.22. The van der Waals surface area contributed by atoms with Crippen LogP contribution in [0.15, 0.2) is 36.7 Å². The lowest BCUT2D eigenvalue weighted by Gasteiger charge is -2.35. The second-order valence-electron chi connectivity index (χ2n) is 7.76. The molecule has 3 heterocycles. The highest BCUT2D eigenvalue weighted by Gasteiger charge is 2.34. The number of rotatable bonds is 4. The lowest BCUT2D eigenvalue weighted by molar-refractivity contribution is 0.0772. The Morgan fingerprint density at radius 3 is 2.57 bits per heavy atom. The van der Waals surface area contributed by atoms with Gasteiger partial charge < -0.3 is 4.90 Å². The maximum Gasteiger partial charge on any atom is 0.255 e. The molecule has 1 aromatic heterocycles. The van der Waals surface area contributed by atoms with E-state index in [-0.39, 0.29) is 5.91 Å². The van der Waals surface area contributed by atoms with E-state index in [4.69, 9.17) is 0 Å². The fourth-order valence-electron chi connectivity index (χ4n) is 4.45. The van der Waals surface area contributed by atoms with Crippen LogP contribution in [0.3, 0.4) is 0 Å². The van der Waals surface area contributed by atoms with Crippen LogP contribution in [-0.4, -0.2) is 52.1 Å². The van der Waals surface area contributed by atoms with Gasteiger partial charge in [0.15, 0.2) is 11.6 Å². The molecule has 2 aliphatic rings. The third kappa shape index (κ3) is 4.04. The van der Waals surface area contributed by atoms with Crippen molar-refractivity contribution in [3.8, 4) is 0 Å². The van der Waals surface area contributed by atoms with Gasteiger partial charge >= 0.3 is 0 Å². The van der Waals surface area contributed by atoms with Crippen LogP contribution in [0.25, 0.3) is 0 Å². The largest absolute Gasteiger partial charge is 0.338 e. The number of amides is 1. The second-order valence-corrected chi connectivity index (χ2v) is 7.76. The maximum atomic E-state index is 13.9. The summed E-state index contributed by atoms with van der Waals surface area (Å²) in [6, 6.07) is 6.06. The minimum Gasteiger partial charge on any atom is -0.338 e. The predicted molar refractivity (Wildman–Crippen MR) is 100 cm³/mol. The lowest BCUT2D eigenvalue weighted by Crippen LogP contribution is -2.37. The topological polar surface area (TPSA) is 49.3 Å². The number of benzene rings is 1. The number of carbonyl (C=O) groups excluding carboxylic acids is 1. The van der Waals surface area contributed by atoms with Crippen LogP contribution in [0.1, 0.15) is 35.2 Å². The number of aromatic nitrogens is 2. The molecule has 1 atom stereocenters. The summed E-state index contributed by atoms with van der Waals surface area (Å²) in [4.78, 5) is 16.7. The van der Waals surface area contributed by atoms with Crippen LogP contribution < -0.4 is 0 Å². The van der Waals surface area contributed by atoms with E-state index in [1.807, 2.05) is 4.90 Å². The van der Waals surface area contributed by atoms with Crippen molar-refractivity contribution in [1.82, 2.24) is 20.0 Å². The standard InChI is InChI=1S/C21H24F2N4O/c22-19-3-1-2-18(20(19)23)13-26-9-5-15(6-10-26)17-7-11-27(14-17)21(28)16-4-8-24-25-12-16/h1-4,8,12,15,17H,5-7,9-11,13-14H2. The van der Waals surface area contributed by atoms with Crippen molar-refractivity contribution in [2.24, 2.45) is 11.8 Å². The minimum absolute atomic E-state index is 0.0245. The number of nitrogens with zero attached hydrogens (tertiary/aromatic N) is 4. The van der Waals surface area contributed by atoms with Crippen molar-refractivity contribution < 1.29 is 13.6 Å². The average molecular weight is 386 g/mol. The molecule has 1 unspecified atom stereocenters. The second kappa shape index (κ2) is 8.31. The van der Waals surface area contributed by atoms with Crippen LogP contribution in [0.4, 0.5) is 8.78 Å². The van der Waals surface area contributed by atoms with E-state index in [1.165, 1.54) is 12.4 Å². The summed E-state index contributed by atoms with van der Waals surface area (Å²) >= 11 is 0. The van der Waals surface area contributed by atoms with Crippen LogP contribution in [-0.2, 0) is 6.54 Å². The van der Waals surface area contributed by atoms with Gasteiger partial charge in [0.2, 0.25) is 0 Å². The van der Waals surface area contributed by atoms with Crippen molar-refractivity contribution >= 4 is 5.91 Å². The number of halogens is 2. The monoisotopic (exact) mass is 386 g/mol. The highest BCUT2D eigenvalue weighted by Crippen LogP contribution is 2.33. The Balaban J connectivity index is 1.29. The van der Waals surface area contributed by atoms with Gasteiger partial charge in [-0.2, -0.15) is 10.2 Å². The molecule has 0 bridgehead atoms. The summed E-state index contributed by atoms with van der Waals surface area (Å²) in [5.41, 5.74) is 1.00. The fourth-order valence-corrected chi connectivity index (χ4v) is 4.45. The van der Waals surface area contributed by atoms with Crippen molar-refractivity contribution in [2.45, 2.75) is 25.8 Å². The number of hydrogen-bond donors (Lipinski definition) is 0. The van der Waals surface area contributed by atoms with Crippen LogP contribution in [0, 0.1) is 23.5 Å². The summed E-state index contributed by atoms with van der Waals surface area (Å²) in [6.45, 7) is 3.75. The van der Waals surface area contributed by atoms with Gasteiger partial charge in [0.25, 0.3) is 5.91 Å². The SMILES string of the molecule is O=C(c1ccnnc1)N1CCC(C2CCN(Cc3cccc(F)c3F)CC2)C1. The van der Waals surface area contributed by atoms with E-state index in [1.54, 1.807) is 18.2 Å². The minimum atomic E-state index is -0.785. The summed E-state index contributed by atoms with van der Waals surface area (Å²) < 4.78 is 27.3. The highest BCUT2D eigenvalue weighted by molar-refractivity contribution is 5.93. The molecule has 0 radical (unpaired) electrons. The number of likely N-dealkylation sites (tertiary alicyclic amines) is 2. The molecule has 2 aromatic rings. The number of piperidine rings is 1. The van der Waals surface area contributed by atoms with Gasteiger partial charge in [0.05, 0.1) is 18.0 Å². The van der Waals surface area contributed by atoms with Gasteiger partial charge in [-0.3, -0.25) is 9.69 Å². The molecule has 0 saturated carbocycles. The Kier molecular flexibility index (Phi) is 5.62. The van der Waals surface area contributed by atoms with Gasteiger partial charge in [-0.1, -0.05) is 12.1 Å². The molecule has 0 N–H and O–H groups in total. The molecule has 5 nitrogen and oxygen atoms in total. The Labute approximate surface area is 163 Å². The first kappa shape index (κ1) is 18.9. The van der Waals surface area contributed by atoms with Gasteiger partial charge in [-0.05, 0) is 56.3 Å². The summed E-state index contributed by atoms with van der Waals surface area (Å²) in [6.07, 6.45) is 6.13. The molecule has 0 spiro atoms. The fraction of sp³-hybridized carbons (Fsp3) is 0.476. The lowest BCUT2D eigenvalue weighted by atomic mass is 9.83. The van der Waals surface area contributed by atoms with Crippen molar-refractivity contribution in [3.63, 3.8) is 0 Å². The first-order valence-corrected chi connectivity index (χ1v) is 9.83. The quantitative estimate of drug-likeness (QED) is 0.810. The van der Waals surface area contributed by atoms with Gasteiger partial charge in [0, 0.05) is 25.2 Å². The summed E-state index contributed by atoms with van der Waals surface area (Å²) in [5, 5.41) is 7.51. The first-order valence-electron chi connectivity index (χ1n) is 9.83. The smallest absolute Gasteiger partial charge is 0.255 e. The molecule has 0 aliphatic carbocycles. The number of hydrogen-bond acceptors (Lipinski definition) is 4. The molecule has 1 amide bonds. The maximum absolute atomic E-state index is 13.9. The molecule has 7 heteroatoms. The van der Waals surface area contributed by atoms with Crippen molar-refractivity contribution in [2.75, 3.05) is 26.2 Å². The van der Waals surface area contributed by atoms with Crippen LogP contribution >= 0.6 is 0 Å². The van der Waals surface area contributed by atoms with E-state index in [9.17, 15) is 13.6 Å². The molecule has 2 fully saturated rings. The van der Waals surface area contributed by atoms with E-state index >= 15 is 0 Å². The normalized spacial score (nSPS) is 21.2. The zero-order chi connectivity index (χ0) is 19.5. The van der Waals surface area contributed by atoms with Crippen LogP contribution in [0.5, 0.6) is 0 Å². The molecule has 28 heavy (non-hydrogen) atoms. The van der Waals surface area contributed by atoms with E-state index in [2.05, 4.69) is 15.1 Å². The zero-order valence-electron chi connectivity index (χ0n) is 15.7. The molecule has 1 aromatic carbocycles. The van der Waals surface area contributed by atoms with Gasteiger partial charge in [0.1, 0.15) is 0 Å². The third-order valence-electron chi connectivity index (χ3n) is 6.07. The summed E-state index contributed by atoms with van der Waals surface area (Å²) in [5.74, 6) is -0.419. The van der Waals surface area contributed by atoms with Crippen molar-refractivity contribution in [3.05, 3.63) is 59.4 Å². The molecular formula is C21H24F2N4O. The van der Waals surface area contributed by atoms with Crippen molar-refractivity contribution in [1.29, 1.82) is 0 Å².